The maximum Gasteiger partial charge on any atom is 0.0607 e. The zero-order chi connectivity index (χ0) is 13.8. The first-order chi connectivity index (χ1) is 9.08. The van der Waals surface area contributed by atoms with Crippen molar-refractivity contribution >= 4 is 11.4 Å². The molecule has 104 valence electrons. The van der Waals surface area contributed by atoms with Gasteiger partial charge in [-0.25, -0.2) is 0 Å². The number of anilines is 2. The Balaban J connectivity index is 2.02. The molecule has 2 rings (SSSR count). The number of nitrogens with zero attached hydrogens (tertiary/aromatic N) is 2. The predicted octanol–water partition coefficient (Wildman–Crippen LogP) is 2.50. The van der Waals surface area contributed by atoms with E-state index in [-0.39, 0.29) is 0 Å². The van der Waals surface area contributed by atoms with Crippen LogP contribution in [0, 0.1) is 0 Å². The number of nitrogens with one attached hydrogen (secondary N) is 1. The van der Waals surface area contributed by atoms with Gasteiger partial charge in [0.15, 0.2) is 0 Å². The molecule has 0 aliphatic carbocycles. The predicted molar refractivity (Wildman–Crippen MR) is 84.2 cm³/mol. The Morgan fingerprint density at radius 2 is 1.95 bits per heavy atom. The molecule has 3 nitrogen and oxygen atoms in total. The van der Waals surface area contributed by atoms with Crippen molar-refractivity contribution in [1.29, 1.82) is 0 Å². The molecule has 0 amide bonds. The fourth-order valence-electron chi connectivity index (χ4n) is 2.40. The van der Waals surface area contributed by atoms with Gasteiger partial charge in [0.05, 0.1) is 11.4 Å². The molecule has 0 spiro atoms. The summed E-state index contributed by atoms with van der Waals surface area (Å²) in [5.74, 6) is 0. The van der Waals surface area contributed by atoms with Crippen LogP contribution in [0.2, 0.25) is 0 Å². The van der Waals surface area contributed by atoms with Gasteiger partial charge in [-0.1, -0.05) is 32.6 Å². The highest BCUT2D eigenvalue weighted by atomic mass is 15.2. The van der Waals surface area contributed by atoms with Gasteiger partial charge in [-0.05, 0) is 17.7 Å². The van der Waals surface area contributed by atoms with Gasteiger partial charge in [0.25, 0.3) is 0 Å². The summed E-state index contributed by atoms with van der Waals surface area (Å²) in [6, 6.07) is 9.12. The zero-order valence-electron chi connectivity index (χ0n) is 12.3. The number of fused-ring (bicyclic) bond motifs is 1. The normalized spacial score (nSPS) is 14.7. The number of para-hydroxylation sites is 2. The van der Waals surface area contributed by atoms with E-state index < -0.39 is 0 Å². The van der Waals surface area contributed by atoms with E-state index in [1.54, 1.807) is 0 Å². The van der Waals surface area contributed by atoms with Gasteiger partial charge in [0, 0.05) is 39.3 Å². The lowest BCUT2D eigenvalue weighted by molar-refractivity contribution is 0.614. The van der Waals surface area contributed by atoms with E-state index >= 15 is 0 Å². The lowest BCUT2D eigenvalue weighted by atomic mass is 10.1. The molecule has 0 saturated carbocycles. The van der Waals surface area contributed by atoms with E-state index in [1.807, 2.05) is 0 Å². The van der Waals surface area contributed by atoms with E-state index in [0.29, 0.717) is 6.04 Å². The monoisotopic (exact) mass is 259 g/mol. The van der Waals surface area contributed by atoms with Gasteiger partial charge in [0.2, 0.25) is 0 Å². The summed E-state index contributed by atoms with van der Waals surface area (Å²) < 4.78 is 0. The summed E-state index contributed by atoms with van der Waals surface area (Å²) in [5, 5.41) is 3.43. The Morgan fingerprint density at radius 1 is 1.26 bits per heavy atom. The largest absolute Gasteiger partial charge is 0.371 e. The minimum atomic E-state index is 0.511. The molecule has 0 unspecified atom stereocenters. The molecular weight excluding hydrogens is 234 g/mol. The summed E-state index contributed by atoms with van der Waals surface area (Å²) in [6.07, 6.45) is 0. The van der Waals surface area contributed by atoms with Gasteiger partial charge in [-0.15, -0.1) is 0 Å². The van der Waals surface area contributed by atoms with Crippen molar-refractivity contribution < 1.29 is 0 Å². The standard InChI is InChI=1S/C16H25N3/c1-13(2)17-11-14(3)12-19-10-9-18(4)15-7-5-6-8-16(15)19/h5-8,13,17H,3,9-12H2,1-2,4H3. The Hall–Kier alpha value is -1.48. The van der Waals surface area contributed by atoms with Gasteiger partial charge in [-0.2, -0.15) is 0 Å². The first-order valence-corrected chi connectivity index (χ1v) is 7.03. The molecule has 0 saturated heterocycles. The summed E-state index contributed by atoms with van der Waals surface area (Å²) in [4.78, 5) is 4.75. The van der Waals surface area contributed by atoms with Crippen molar-refractivity contribution in [1.82, 2.24) is 5.32 Å². The molecular formula is C16H25N3. The Bertz CT molecular complexity index is 439. The second-order valence-electron chi connectivity index (χ2n) is 5.62. The third kappa shape index (κ3) is 3.51. The quantitative estimate of drug-likeness (QED) is 0.820. The molecule has 1 aliphatic heterocycles. The van der Waals surface area contributed by atoms with Crippen LogP contribution >= 0.6 is 0 Å². The van der Waals surface area contributed by atoms with Crippen LogP contribution in [0.15, 0.2) is 36.4 Å². The van der Waals surface area contributed by atoms with Gasteiger partial charge >= 0.3 is 0 Å². The fraction of sp³-hybridized carbons (Fsp3) is 0.500. The van der Waals surface area contributed by atoms with E-state index in [9.17, 15) is 0 Å². The molecule has 0 fully saturated rings. The van der Waals surface area contributed by atoms with Crippen molar-refractivity contribution in [2.24, 2.45) is 0 Å². The minimum absolute atomic E-state index is 0.511. The van der Waals surface area contributed by atoms with Crippen LogP contribution in [-0.2, 0) is 0 Å². The highest BCUT2D eigenvalue weighted by molar-refractivity contribution is 5.73. The van der Waals surface area contributed by atoms with Gasteiger partial charge in [0.1, 0.15) is 0 Å². The van der Waals surface area contributed by atoms with E-state index in [2.05, 4.69) is 66.9 Å². The summed E-state index contributed by atoms with van der Waals surface area (Å²) in [6.45, 7) is 12.5. The average Bonchev–Trinajstić information content (AvgIpc) is 2.40. The average molecular weight is 259 g/mol. The lowest BCUT2D eigenvalue weighted by Gasteiger charge is -2.37. The first-order valence-electron chi connectivity index (χ1n) is 7.03. The Morgan fingerprint density at radius 3 is 2.63 bits per heavy atom. The number of rotatable bonds is 5. The summed E-state index contributed by atoms with van der Waals surface area (Å²) in [7, 11) is 2.16. The van der Waals surface area contributed by atoms with Crippen molar-refractivity contribution in [3.05, 3.63) is 36.4 Å². The number of hydrogen-bond donors (Lipinski definition) is 1. The molecule has 1 aliphatic rings. The third-order valence-electron chi connectivity index (χ3n) is 3.51. The molecule has 0 atom stereocenters. The highest BCUT2D eigenvalue weighted by Crippen LogP contribution is 2.31. The maximum absolute atomic E-state index is 4.19. The molecule has 3 heteroatoms. The van der Waals surface area contributed by atoms with Crippen LogP contribution < -0.4 is 15.1 Å². The second-order valence-corrected chi connectivity index (χ2v) is 5.62. The molecule has 19 heavy (non-hydrogen) atoms. The Kier molecular flexibility index (Phi) is 4.48. The van der Waals surface area contributed by atoms with E-state index in [0.717, 1.165) is 26.2 Å². The number of likely N-dealkylation sites (N-methyl/N-ethyl adjacent to an activating group) is 1. The molecule has 0 bridgehead atoms. The van der Waals surface area contributed by atoms with Crippen LogP contribution in [0.4, 0.5) is 11.4 Å². The van der Waals surface area contributed by atoms with E-state index in [1.165, 1.54) is 16.9 Å². The van der Waals surface area contributed by atoms with Gasteiger partial charge in [-0.3, -0.25) is 0 Å². The Labute approximate surface area is 116 Å². The smallest absolute Gasteiger partial charge is 0.0607 e. The maximum atomic E-state index is 4.19. The highest BCUT2D eigenvalue weighted by Gasteiger charge is 2.19. The molecule has 1 N–H and O–H groups in total. The topological polar surface area (TPSA) is 18.5 Å². The van der Waals surface area contributed by atoms with Crippen LogP contribution in [0.5, 0.6) is 0 Å². The molecule has 0 radical (unpaired) electrons. The minimum Gasteiger partial charge on any atom is -0.371 e. The van der Waals surface area contributed by atoms with Gasteiger partial charge < -0.3 is 15.1 Å². The first kappa shape index (κ1) is 13.9. The second kappa shape index (κ2) is 6.11. The molecule has 0 aromatic heterocycles. The van der Waals surface area contributed by atoms with Crippen LogP contribution in [0.25, 0.3) is 0 Å². The fourth-order valence-corrected chi connectivity index (χ4v) is 2.40. The third-order valence-corrected chi connectivity index (χ3v) is 3.51. The molecule has 1 aromatic rings. The van der Waals surface area contributed by atoms with Crippen molar-refractivity contribution in [2.45, 2.75) is 19.9 Å². The molecule has 1 aromatic carbocycles. The van der Waals surface area contributed by atoms with Crippen molar-refractivity contribution in [3.8, 4) is 0 Å². The zero-order valence-corrected chi connectivity index (χ0v) is 12.3. The van der Waals surface area contributed by atoms with Crippen LogP contribution in [-0.4, -0.2) is 39.3 Å². The lowest BCUT2D eigenvalue weighted by Crippen LogP contribution is -2.41. The number of benzene rings is 1. The SMILES string of the molecule is C=C(CNC(C)C)CN1CCN(C)c2ccccc21. The van der Waals surface area contributed by atoms with Crippen molar-refractivity contribution in [3.63, 3.8) is 0 Å². The number of hydrogen-bond acceptors (Lipinski definition) is 3. The van der Waals surface area contributed by atoms with Crippen molar-refractivity contribution in [2.75, 3.05) is 43.0 Å². The van der Waals surface area contributed by atoms with E-state index in [4.69, 9.17) is 0 Å². The van der Waals surface area contributed by atoms with Crippen LogP contribution in [0.3, 0.4) is 0 Å². The summed E-state index contributed by atoms with van der Waals surface area (Å²) >= 11 is 0. The summed E-state index contributed by atoms with van der Waals surface area (Å²) in [5.41, 5.74) is 3.88. The molecule has 1 heterocycles. The van der Waals surface area contributed by atoms with Crippen LogP contribution in [0.1, 0.15) is 13.8 Å².